The second-order valence-electron chi connectivity index (χ2n) is 4.95. The number of aryl methyl sites for hydroxylation is 1. The molecular formula is C15H20N4O. The molecule has 0 saturated carbocycles. The molecule has 0 radical (unpaired) electrons. The number of nitrogens with zero attached hydrogens (tertiary/aromatic N) is 2. The smallest absolute Gasteiger partial charge is 0.251 e. The lowest BCUT2D eigenvalue weighted by molar-refractivity contribution is 0.1000. The first-order chi connectivity index (χ1) is 9.54. The van der Waals surface area contributed by atoms with E-state index in [2.05, 4.69) is 5.10 Å². The van der Waals surface area contributed by atoms with Crippen molar-refractivity contribution >= 4 is 5.91 Å². The Kier molecular flexibility index (Phi) is 4.20. The van der Waals surface area contributed by atoms with Crippen molar-refractivity contribution in [2.45, 2.75) is 32.4 Å². The van der Waals surface area contributed by atoms with Crippen LogP contribution in [0.15, 0.2) is 36.7 Å². The first kappa shape index (κ1) is 14.3. The van der Waals surface area contributed by atoms with Gasteiger partial charge in [0.2, 0.25) is 0 Å². The number of hydrogen-bond acceptors (Lipinski definition) is 3. The van der Waals surface area contributed by atoms with E-state index in [-0.39, 0.29) is 12.1 Å². The molecule has 2 atom stereocenters. The highest BCUT2D eigenvalue weighted by Gasteiger charge is 2.23. The minimum absolute atomic E-state index is 0.0864. The number of nitrogens with two attached hydrogens (primary N) is 2. The molecule has 2 rings (SSSR count). The third-order valence-corrected chi connectivity index (χ3v) is 3.56. The highest BCUT2D eigenvalue weighted by molar-refractivity contribution is 5.92. The third-order valence-electron chi connectivity index (χ3n) is 3.56. The fraction of sp³-hybridized carbons (Fsp3) is 0.333. The molecule has 5 nitrogen and oxygen atoms in total. The Morgan fingerprint density at radius 1 is 1.40 bits per heavy atom. The van der Waals surface area contributed by atoms with Gasteiger partial charge in [0.25, 0.3) is 5.91 Å². The van der Waals surface area contributed by atoms with Crippen molar-refractivity contribution in [2.75, 3.05) is 0 Å². The maximum Gasteiger partial charge on any atom is 0.251 e. The second-order valence-corrected chi connectivity index (χ2v) is 4.95. The van der Waals surface area contributed by atoms with E-state index in [9.17, 15) is 4.79 Å². The summed E-state index contributed by atoms with van der Waals surface area (Å²) in [6, 6.07) is 7.87. The molecule has 2 aromatic rings. The molecule has 2 unspecified atom stereocenters. The Bertz CT molecular complexity index is 605. The van der Waals surface area contributed by atoms with Crippen molar-refractivity contribution in [3.05, 3.63) is 53.3 Å². The Labute approximate surface area is 118 Å². The summed E-state index contributed by atoms with van der Waals surface area (Å²) in [4.78, 5) is 11.2. The molecule has 106 valence electrons. The van der Waals surface area contributed by atoms with E-state index in [0.717, 1.165) is 17.5 Å². The molecular weight excluding hydrogens is 252 g/mol. The van der Waals surface area contributed by atoms with Crippen LogP contribution in [0.25, 0.3) is 0 Å². The molecule has 0 fully saturated rings. The van der Waals surface area contributed by atoms with Gasteiger partial charge in [-0.15, -0.1) is 0 Å². The van der Waals surface area contributed by atoms with Gasteiger partial charge in [0.1, 0.15) is 0 Å². The van der Waals surface area contributed by atoms with Crippen LogP contribution >= 0.6 is 0 Å². The summed E-state index contributed by atoms with van der Waals surface area (Å²) in [5, 5.41) is 4.26. The number of primary amides is 1. The predicted octanol–water partition coefficient (Wildman–Crippen LogP) is 1.62. The van der Waals surface area contributed by atoms with Gasteiger partial charge in [0.05, 0.1) is 17.8 Å². The van der Waals surface area contributed by atoms with E-state index in [1.54, 1.807) is 10.9 Å². The maximum atomic E-state index is 11.2. The molecule has 5 heteroatoms. The molecule has 0 aliphatic heterocycles. The van der Waals surface area contributed by atoms with Crippen LogP contribution < -0.4 is 11.5 Å². The fourth-order valence-corrected chi connectivity index (χ4v) is 2.33. The van der Waals surface area contributed by atoms with Crippen LogP contribution in [0, 0.1) is 6.92 Å². The zero-order chi connectivity index (χ0) is 14.7. The lowest BCUT2D eigenvalue weighted by atomic mass is 9.94. The SMILES string of the molecule is CCC(N)C(c1ccccc1C)n1cc(C(N)=O)cn1. The van der Waals surface area contributed by atoms with Gasteiger partial charge in [-0.1, -0.05) is 31.2 Å². The van der Waals surface area contributed by atoms with Gasteiger partial charge in [0, 0.05) is 12.2 Å². The summed E-state index contributed by atoms with van der Waals surface area (Å²) < 4.78 is 1.73. The summed E-state index contributed by atoms with van der Waals surface area (Å²) in [6.07, 6.45) is 3.95. The fourth-order valence-electron chi connectivity index (χ4n) is 2.33. The summed E-state index contributed by atoms with van der Waals surface area (Å²) in [6.45, 7) is 4.08. The van der Waals surface area contributed by atoms with Crippen LogP contribution in [0.3, 0.4) is 0 Å². The number of rotatable bonds is 5. The number of carbonyl (C=O) groups excluding carboxylic acids is 1. The zero-order valence-corrected chi connectivity index (χ0v) is 11.8. The topological polar surface area (TPSA) is 86.9 Å². The van der Waals surface area contributed by atoms with Crippen LogP contribution in [0.5, 0.6) is 0 Å². The first-order valence-electron chi connectivity index (χ1n) is 6.69. The lowest BCUT2D eigenvalue weighted by Crippen LogP contribution is -2.33. The van der Waals surface area contributed by atoms with Crippen molar-refractivity contribution in [2.24, 2.45) is 11.5 Å². The maximum absolute atomic E-state index is 11.2. The van der Waals surface area contributed by atoms with E-state index >= 15 is 0 Å². The number of benzene rings is 1. The molecule has 0 bridgehead atoms. The van der Waals surface area contributed by atoms with Gasteiger partial charge >= 0.3 is 0 Å². The molecule has 0 aliphatic carbocycles. The van der Waals surface area contributed by atoms with Crippen LogP contribution in [0.2, 0.25) is 0 Å². The van der Waals surface area contributed by atoms with E-state index in [0.29, 0.717) is 5.56 Å². The van der Waals surface area contributed by atoms with E-state index < -0.39 is 5.91 Å². The highest BCUT2D eigenvalue weighted by Crippen LogP contribution is 2.25. The molecule has 1 aromatic heterocycles. The number of carbonyl (C=O) groups is 1. The van der Waals surface area contributed by atoms with E-state index in [1.807, 2.05) is 38.1 Å². The van der Waals surface area contributed by atoms with Crippen molar-refractivity contribution in [1.82, 2.24) is 9.78 Å². The quantitative estimate of drug-likeness (QED) is 0.867. The number of amides is 1. The Morgan fingerprint density at radius 3 is 2.65 bits per heavy atom. The molecule has 0 saturated heterocycles. The van der Waals surface area contributed by atoms with E-state index in [4.69, 9.17) is 11.5 Å². The van der Waals surface area contributed by atoms with Crippen molar-refractivity contribution in [3.8, 4) is 0 Å². The van der Waals surface area contributed by atoms with Crippen molar-refractivity contribution < 1.29 is 4.79 Å². The normalized spacial score (nSPS) is 13.9. The van der Waals surface area contributed by atoms with Gasteiger partial charge in [-0.3, -0.25) is 9.48 Å². The largest absolute Gasteiger partial charge is 0.366 e. The molecule has 1 amide bonds. The van der Waals surface area contributed by atoms with Crippen LogP contribution in [0.4, 0.5) is 0 Å². The minimum atomic E-state index is -0.482. The van der Waals surface area contributed by atoms with Gasteiger partial charge < -0.3 is 11.5 Å². The van der Waals surface area contributed by atoms with Gasteiger partial charge in [-0.2, -0.15) is 5.10 Å². The summed E-state index contributed by atoms with van der Waals surface area (Å²) in [5.41, 5.74) is 14.2. The Balaban J connectivity index is 2.47. The molecule has 1 heterocycles. The molecule has 1 aromatic carbocycles. The molecule has 4 N–H and O–H groups in total. The number of hydrogen-bond donors (Lipinski definition) is 2. The minimum Gasteiger partial charge on any atom is -0.366 e. The zero-order valence-electron chi connectivity index (χ0n) is 11.8. The average molecular weight is 272 g/mol. The molecule has 0 aliphatic rings. The molecule has 20 heavy (non-hydrogen) atoms. The highest BCUT2D eigenvalue weighted by atomic mass is 16.1. The standard InChI is InChI=1S/C15H20N4O/c1-3-13(16)14(12-7-5-4-6-10(12)2)19-9-11(8-18-19)15(17)20/h4-9,13-14H,3,16H2,1-2H3,(H2,17,20). The third kappa shape index (κ3) is 2.72. The predicted molar refractivity (Wildman–Crippen MR) is 78.3 cm³/mol. The summed E-state index contributed by atoms with van der Waals surface area (Å²) in [7, 11) is 0. The monoisotopic (exact) mass is 272 g/mol. The van der Waals surface area contributed by atoms with E-state index in [1.165, 1.54) is 6.20 Å². The van der Waals surface area contributed by atoms with Crippen LogP contribution in [-0.4, -0.2) is 21.7 Å². The summed E-state index contributed by atoms with van der Waals surface area (Å²) in [5.74, 6) is -0.482. The van der Waals surface area contributed by atoms with Gasteiger partial charge in [-0.05, 0) is 24.5 Å². The molecule has 0 spiro atoms. The first-order valence-corrected chi connectivity index (χ1v) is 6.69. The van der Waals surface area contributed by atoms with Gasteiger partial charge in [-0.25, -0.2) is 0 Å². The van der Waals surface area contributed by atoms with Crippen LogP contribution in [-0.2, 0) is 0 Å². The Hall–Kier alpha value is -2.14. The number of aromatic nitrogens is 2. The summed E-state index contributed by atoms with van der Waals surface area (Å²) >= 11 is 0. The van der Waals surface area contributed by atoms with Crippen molar-refractivity contribution in [1.29, 1.82) is 0 Å². The average Bonchev–Trinajstić information content (AvgIpc) is 2.90. The lowest BCUT2D eigenvalue weighted by Gasteiger charge is -2.25. The van der Waals surface area contributed by atoms with Crippen LogP contribution in [0.1, 0.15) is 40.9 Å². The Morgan fingerprint density at radius 2 is 2.10 bits per heavy atom. The van der Waals surface area contributed by atoms with Gasteiger partial charge in [0.15, 0.2) is 0 Å². The van der Waals surface area contributed by atoms with Crippen molar-refractivity contribution in [3.63, 3.8) is 0 Å². The second kappa shape index (κ2) is 5.88.